The topological polar surface area (TPSA) is 130 Å². The average molecular weight is 543 g/mol. The van der Waals surface area contributed by atoms with Crippen LogP contribution in [0.15, 0.2) is 12.1 Å². The van der Waals surface area contributed by atoms with Crippen LogP contribution in [0, 0.1) is 0 Å². The molecule has 0 aliphatic carbocycles. The molecule has 218 valence electrons. The molecule has 0 aromatic heterocycles. The van der Waals surface area contributed by atoms with Gasteiger partial charge in [-0.15, -0.1) is 0 Å². The first-order chi connectivity index (χ1) is 18.4. The molecule has 0 spiro atoms. The standard InChI is InChI=1S/C28H46O10/c1-5-9-15-37-24(35-7-3)19-33-17-13-21-11-12-23(27(29)30)22(26(21)28(31)32)14-18-34-20-25(36-8-4)38-16-10-6-2/h11-12,24-25H,5-10,13-20H2,1-4H3,(H,29,30)(H,31,32). The van der Waals surface area contributed by atoms with Crippen molar-refractivity contribution < 1.29 is 48.2 Å². The zero-order valence-electron chi connectivity index (χ0n) is 23.4. The highest BCUT2D eigenvalue weighted by Gasteiger charge is 2.22. The summed E-state index contributed by atoms with van der Waals surface area (Å²) in [4.78, 5) is 24.1. The maximum atomic E-state index is 12.2. The minimum atomic E-state index is -1.19. The molecule has 2 atom stereocenters. The van der Waals surface area contributed by atoms with Gasteiger partial charge in [0.2, 0.25) is 0 Å². The smallest absolute Gasteiger partial charge is 0.336 e. The summed E-state index contributed by atoms with van der Waals surface area (Å²) in [5.41, 5.74) is 0.625. The van der Waals surface area contributed by atoms with E-state index in [1.807, 2.05) is 13.8 Å². The van der Waals surface area contributed by atoms with Gasteiger partial charge in [-0.1, -0.05) is 32.8 Å². The second-order valence-electron chi connectivity index (χ2n) is 8.60. The number of benzene rings is 1. The highest BCUT2D eigenvalue weighted by atomic mass is 16.7. The van der Waals surface area contributed by atoms with Crippen LogP contribution >= 0.6 is 0 Å². The van der Waals surface area contributed by atoms with Gasteiger partial charge in [-0.25, -0.2) is 9.59 Å². The van der Waals surface area contributed by atoms with Crippen LogP contribution in [0.5, 0.6) is 0 Å². The van der Waals surface area contributed by atoms with Crippen molar-refractivity contribution in [3.63, 3.8) is 0 Å². The number of hydrogen-bond acceptors (Lipinski definition) is 8. The Hall–Kier alpha value is -2.08. The van der Waals surface area contributed by atoms with Crippen molar-refractivity contribution in [3.8, 4) is 0 Å². The lowest BCUT2D eigenvalue weighted by molar-refractivity contribution is -0.170. The molecule has 1 aromatic rings. The summed E-state index contributed by atoms with van der Waals surface area (Å²) in [7, 11) is 0. The predicted octanol–water partition coefficient (Wildman–Crippen LogP) is 4.56. The van der Waals surface area contributed by atoms with Crippen molar-refractivity contribution in [2.45, 2.75) is 78.8 Å². The van der Waals surface area contributed by atoms with E-state index in [-0.39, 0.29) is 49.5 Å². The number of hydrogen-bond donors (Lipinski definition) is 2. The van der Waals surface area contributed by atoms with Crippen LogP contribution < -0.4 is 0 Å². The highest BCUT2D eigenvalue weighted by Crippen LogP contribution is 2.22. The van der Waals surface area contributed by atoms with Crippen molar-refractivity contribution in [2.75, 3.05) is 52.9 Å². The number of unbranched alkanes of at least 4 members (excludes halogenated alkanes) is 2. The quantitative estimate of drug-likeness (QED) is 0.142. The largest absolute Gasteiger partial charge is 0.478 e. The first kappa shape index (κ1) is 33.9. The zero-order chi connectivity index (χ0) is 28.2. The second kappa shape index (κ2) is 20.8. The summed E-state index contributed by atoms with van der Waals surface area (Å²) in [6.07, 6.45) is 3.23. The zero-order valence-corrected chi connectivity index (χ0v) is 23.4. The molecule has 38 heavy (non-hydrogen) atoms. The Labute approximate surface area is 226 Å². The van der Waals surface area contributed by atoms with Gasteiger partial charge in [-0.2, -0.15) is 0 Å². The van der Waals surface area contributed by atoms with Gasteiger partial charge in [0.25, 0.3) is 0 Å². The molecule has 1 rings (SSSR count). The van der Waals surface area contributed by atoms with Crippen molar-refractivity contribution in [2.24, 2.45) is 0 Å². The Morgan fingerprint density at radius 2 is 1.24 bits per heavy atom. The molecule has 2 N–H and O–H groups in total. The Bertz CT molecular complexity index is 798. The van der Waals surface area contributed by atoms with E-state index in [1.165, 1.54) is 12.1 Å². The number of carboxylic acid groups (broad SMARTS) is 2. The van der Waals surface area contributed by atoms with Crippen LogP contribution in [0.4, 0.5) is 0 Å². The van der Waals surface area contributed by atoms with Crippen molar-refractivity contribution >= 4 is 11.9 Å². The molecule has 0 aliphatic rings. The highest BCUT2D eigenvalue weighted by molar-refractivity contribution is 5.97. The lowest BCUT2D eigenvalue weighted by atomic mass is 9.92. The lowest BCUT2D eigenvalue weighted by Crippen LogP contribution is -2.25. The van der Waals surface area contributed by atoms with Gasteiger partial charge in [-0.05, 0) is 56.7 Å². The molecule has 0 radical (unpaired) electrons. The summed E-state index contributed by atoms with van der Waals surface area (Å²) in [6, 6.07) is 2.97. The maximum absolute atomic E-state index is 12.2. The normalized spacial score (nSPS) is 12.9. The molecular formula is C28H46O10. The molecule has 2 unspecified atom stereocenters. The van der Waals surface area contributed by atoms with E-state index in [2.05, 4.69) is 13.8 Å². The van der Waals surface area contributed by atoms with Crippen molar-refractivity contribution in [1.29, 1.82) is 0 Å². The summed E-state index contributed by atoms with van der Waals surface area (Å²) in [5, 5.41) is 19.7. The molecule has 0 fully saturated rings. The Balaban J connectivity index is 2.83. The van der Waals surface area contributed by atoms with Gasteiger partial charge >= 0.3 is 11.9 Å². The van der Waals surface area contributed by atoms with E-state index in [9.17, 15) is 19.8 Å². The number of ether oxygens (including phenoxy) is 6. The van der Waals surface area contributed by atoms with E-state index in [0.29, 0.717) is 38.4 Å². The van der Waals surface area contributed by atoms with Gasteiger partial charge in [0.1, 0.15) is 0 Å². The average Bonchev–Trinajstić information content (AvgIpc) is 2.88. The third-order valence-corrected chi connectivity index (χ3v) is 5.67. The minimum absolute atomic E-state index is 0.0294. The van der Waals surface area contributed by atoms with Crippen LogP contribution in [0.2, 0.25) is 0 Å². The van der Waals surface area contributed by atoms with Crippen LogP contribution in [-0.2, 0) is 41.3 Å². The van der Waals surface area contributed by atoms with Crippen LogP contribution in [0.25, 0.3) is 0 Å². The van der Waals surface area contributed by atoms with Gasteiger partial charge in [-0.3, -0.25) is 0 Å². The summed E-state index contributed by atoms with van der Waals surface area (Å²) in [5.74, 6) is -2.38. The number of aromatic carboxylic acids is 2. The molecule has 0 heterocycles. The summed E-state index contributed by atoms with van der Waals surface area (Å²) >= 11 is 0. The number of carboxylic acids is 2. The fraction of sp³-hybridized carbons (Fsp3) is 0.714. The Morgan fingerprint density at radius 3 is 1.68 bits per heavy atom. The first-order valence-electron chi connectivity index (χ1n) is 13.6. The van der Waals surface area contributed by atoms with E-state index in [4.69, 9.17) is 28.4 Å². The van der Waals surface area contributed by atoms with Crippen LogP contribution in [0.3, 0.4) is 0 Å². The van der Waals surface area contributed by atoms with Crippen LogP contribution in [0.1, 0.15) is 85.2 Å². The van der Waals surface area contributed by atoms with Gasteiger partial charge in [0.15, 0.2) is 12.6 Å². The lowest BCUT2D eigenvalue weighted by Gasteiger charge is -2.19. The third-order valence-electron chi connectivity index (χ3n) is 5.67. The van der Waals surface area contributed by atoms with E-state index in [1.54, 1.807) is 0 Å². The third kappa shape index (κ3) is 13.1. The SMILES string of the molecule is CCCCOC(COCCc1ccc(C(=O)O)c(CCOCC(OCC)OCCCC)c1C(=O)O)OCC. The van der Waals surface area contributed by atoms with Gasteiger partial charge in [0.05, 0.1) is 37.6 Å². The molecule has 0 saturated carbocycles. The molecule has 0 aliphatic heterocycles. The summed E-state index contributed by atoms with van der Waals surface area (Å²) < 4.78 is 33.8. The molecule has 10 heteroatoms. The number of carbonyl (C=O) groups is 2. The van der Waals surface area contributed by atoms with E-state index < -0.39 is 24.5 Å². The molecule has 0 bridgehead atoms. The first-order valence-corrected chi connectivity index (χ1v) is 13.6. The maximum Gasteiger partial charge on any atom is 0.336 e. The Morgan fingerprint density at radius 1 is 0.711 bits per heavy atom. The monoisotopic (exact) mass is 542 g/mol. The second-order valence-corrected chi connectivity index (χ2v) is 8.60. The molecule has 1 aromatic carbocycles. The fourth-order valence-electron chi connectivity index (χ4n) is 3.73. The van der Waals surface area contributed by atoms with Crippen molar-refractivity contribution in [3.05, 3.63) is 34.4 Å². The molecule has 0 saturated heterocycles. The molecule has 0 amide bonds. The molecule has 10 nitrogen and oxygen atoms in total. The fourth-order valence-corrected chi connectivity index (χ4v) is 3.73. The van der Waals surface area contributed by atoms with Gasteiger partial charge in [0, 0.05) is 26.4 Å². The predicted molar refractivity (Wildman–Crippen MR) is 142 cm³/mol. The van der Waals surface area contributed by atoms with Gasteiger partial charge < -0.3 is 38.6 Å². The Kier molecular flexibility index (Phi) is 18.6. The number of rotatable bonds is 24. The van der Waals surface area contributed by atoms with Crippen LogP contribution in [-0.4, -0.2) is 87.6 Å². The van der Waals surface area contributed by atoms with Crippen molar-refractivity contribution in [1.82, 2.24) is 0 Å². The van der Waals surface area contributed by atoms with E-state index in [0.717, 1.165) is 25.7 Å². The van der Waals surface area contributed by atoms with E-state index >= 15 is 0 Å². The minimum Gasteiger partial charge on any atom is -0.478 e. The summed E-state index contributed by atoms with van der Waals surface area (Å²) in [6.45, 7) is 10.7. The molecular weight excluding hydrogens is 496 g/mol.